The molecule has 8 nitrogen and oxygen atoms in total. The number of nitrogens with zero attached hydrogens (tertiary/aromatic N) is 2. The van der Waals surface area contributed by atoms with Crippen molar-refractivity contribution in [1.29, 1.82) is 0 Å². The summed E-state index contributed by atoms with van der Waals surface area (Å²) >= 11 is 6.10. The lowest BCUT2D eigenvalue weighted by Gasteiger charge is -2.34. The molecule has 0 spiro atoms. The van der Waals surface area contributed by atoms with Gasteiger partial charge >= 0.3 is 0 Å². The second-order valence-electron chi connectivity index (χ2n) is 10.8. The quantitative estimate of drug-likeness (QED) is 0.351. The van der Waals surface area contributed by atoms with Crippen molar-refractivity contribution in [2.75, 3.05) is 6.54 Å². The van der Waals surface area contributed by atoms with Crippen LogP contribution in [0, 0.1) is 0 Å². The van der Waals surface area contributed by atoms with Crippen LogP contribution in [-0.4, -0.2) is 54.0 Å². The first kappa shape index (κ1) is 29.8. The molecule has 0 bridgehead atoms. The van der Waals surface area contributed by atoms with E-state index < -0.39 is 27.9 Å². The molecule has 220 valence electrons. The summed E-state index contributed by atoms with van der Waals surface area (Å²) in [4.78, 5) is 42.3. The van der Waals surface area contributed by atoms with Gasteiger partial charge < -0.3 is 10.2 Å². The van der Waals surface area contributed by atoms with Gasteiger partial charge in [0.05, 0.1) is 5.56 Å². The number of nitrogens with one attached hydrogen (secondary N) is 1. The molecule has 1 saturated carbocycles. The highest BCUT2D eigenvalue weighted by molar-refractivity contribution is 7.90. The van der Waals surface area contributed by atoms with Crippen LogP contribution in [0.1, 0.15) is 60.0 Å². The SMILES string of the molecule is O=C(NC1CCCCC1)[C@@H](Cc1ccccc1)N(Cc1ccc(Cl)cc1)C(=O)CCN1C(=O)c2ccccc2S1(=O)=O. The van der Waals surface area contributed by atoms with Gasteiger partial charge in [-0.25, -0.2) is 12.7 Å². The van der Waals surface area contributed by atoms with Crippen LogP contribution in [0.15, 0.2) is 83.8 Å². The molecule has 0 aromatic heterocycles. The number of hydrogen-bond donors (Lipinski definition) is 1. The second kappa shape index (κ2) is 13.1. The maximum atomic E-state index is 14.0. The first-order chi connectivity index (χ1) is 20.2. The van der Waals surface area contributed by atoms with Gasteiger partial charge in [0.25, 0.3) is 15.9 Å². The molecule has 1 aliphatic carbocycles. The predicted molar refractivity (Wildman–Crippen MR) is 160 cm³/mol. The number of benzene rings is 3. The van der Waals surface area contributed by atoms with Crippen molar-refractivity contribution in [3.63, 3.8) is 0 Å². The number of carbonyl (C=O) groups excluding carboxylic acids is 3. The molecule has 3 amide bonds. The Morgan fingerprint density at radius 3 is 2.26 bits per heavy atom. The summed E-state index contributed by atoms with van der Waals surface area (Å²) in [6.45, 7) is -0.208. The molecule has 3 aromatic carbocycles. The number of fused-ring (bicyclic) bond motifs is 1. The molecule has 1 heterocycles. The van der Waals surface area contributed by atoms with Crippen molar-refractivity contribution in [2.45, 2.75) is 68.5 Å². The molecule has 10 heteroatoms. The maximum Gasteiger partial charge on any atom is 0.269 e. The van der Waals surface area contributed by atoms with Crippen molar-refractivity contribution in [3.8, 4) is 0 Å². The minimum Gasteiger partial charge on any atom is -0.352 e. The largest absolute Gasteiger partial charge is 0.352 e. The third kappa shape index (κ3) is 6.68. The van der Waals surface area contributed by atoms with E-state index in [1.807, 2.05) is 30.3 Å². The van der Waals surface area contributed by atoms with Crippen molar-refractivity contribution >= 4 is 39.3 Å². The van der Waals surface area contributed by atoms with Gasteiger partial charge in [-0.3, -0.25) is 14.4 Å². The molecule has 0 unspecified atom stereocenters. The number of halogens is 1. The minimum atomic E-state index is -4.07. The highest BCUT2D eigenvalue weighted by atomic mass is 35.5. The second-order valence-corrected chi connectivity index (χ2v) is 13.1. The Labute approximate surface area is 251 Å². The van der Waals surface area contributed by atoms with E-state index in [1.165, 1.54) is 17.0 Å². The zero-order valence-corrected chi connectivity index (χ0v) is 24.8. The Morgan fingerprint density at radius 1 is 0.905 bits per heavy atom. The van der Waals surface area contributed by atoms with E-state index in [2.05, 4.69) is 5.32 Å². The van der Waals surface area contributed by atoms with Crippen molar-refractivity contribution < 1.29 is 22.8 Å². The van der Waals surface area contributed by atoms with Gasteiger partial charge in [0.1, 0.15) is 10.9 Å². The van der Waals surface area contributed by atoms with Crippen LogP contribution < -0.4 is 5.32 Å². The Kier molecular flexibility index (Phi) is 9.28. The van der Waals surface area contributed by atoms with E-state index in [9.17, 15) is 22.8 Å². The fourth-order valence-electron chi connectivity index (χ4n) is 5.68. The minimum absolute atomic E-state index is 0.0443. The Bertz CT molecular complexity index is 1540. The van der Waals surface area contributed by atoms with Crippen molar-refractivity contribution in [3.05, 3.63) is 101 Å². The smallest absolute Gasteiger partial charge is 0.269 e. The van der Waals surface area contributed by atoms with Crippen LogP contribution in [0.3, 0.4) is 0 Å². The summed E-state index contributed by atoms with van der Waals surface area (Å²) in [7, 11) is -4.07. The third-order valence-electron chi connectivity index (χ3n) is 7.93. The van der Waals surface area contributed by atoms with Crippen LogP contribution in [0.5, 0.6) is 0 Å². The molecular formula is C32H34ClN3O5S. The third-order valence-corrected chi connectivity index (χ3v) is 10.0. The van der Waals surface area contributed by atoms with E-state index >= 15 is 0 Å². The van der Waals surface area contributed by atoms with E-state index in [1.54, 1.807) is 36.4 Å². The zero-order valence-electron chi connectivity index (χ0n) is 23.2. The van der Waals surface area contributed by atoms with Crippen LogP contribution in [0.25, 0.3) is 0 Å². The molecule has 0 saturated heterocycles. The molecule has 3 aromatic rings. The lowest BCUT2D eigenvalue weighted by atomic mass is 9.94. The fraction of sp³-hybridized carbons (Fsp3) is 0.344. The first-order valence-electron chi connectivity index (χ1n) is 14.3. The summed E-state index contributed by atoms with van der Waals surface area (Å²) in [5, 5.41) is 3.73. The van der Waals surface area contributed by atoms with Crippen LogP contribution in [0.4, 0.5) is 0 Å². The van der Waals surface area contributed by atoms with E-state index in [4.69, 9.17) is 11.6 Å². The van der Waals surface area contributed by atoms with Gasteiger partial charge in [0.15, 0.2) is 0 Å². The average molecular weight is 608 g/mol. The number of carbonyl (C=O) groups is 3. The number of rotatable bonds is 10. The number of sulfonamides is 1. The standard InChI is InChI=1S/C32H34ClN3O5S/c33-25-17-15-24(16-18-25)22-35(30(37)19-20-36-32(39)27-13-7-8-14-29(27)42(36,40)41)28(21-23-9-3-1-4-10-23)31(38)34-26-11-5-2-6-12-26/h1,3-4,7-10,13-18,26,28H,2,5-6,11-12,19-22H2,(H,34,38)/t28-/m1/s1. The molecule has 2 aliphatic rings. The van der Waals surface area contributed by atoms with Gasteiger partial charge in [-0.15, -0.1) is 0 Å². The lowest BCUT2D eigenvalue weighted by molar-refractivity contribution is -0.141. The van der Waals surface area contributed by atoms with Crippen molar-refractivity contribution in [1.82, 2.24) is 14.5 Å². The van der Waals surface area contributed by atoms with Crippen molar-refractivity contribution in [2.24, 2.45) is 0 Å². The lowest BCUT2D eigenvalue weighted by Crippen LogP contribution is -2.53. The first-order valence-corrected chi connectivity index (χ1v) is 16.1. The molecule has 5 rings (SSSR count). The number of amides is 3. The topological polar surface area (TPSA) is 104 Å². The molecular weight excluding hydrogens is 574 g/mol. The summed E-state index contributed by atoms with van der Waals surface area (Å²) in [5.41, 5.74) is 1.76. The summed E-state index contributed by atoms with van der Waals surface area (Å²) in [6, 6.07) is 21.8. The fourth-order valence-corrected chi connectivity index (χ4v) is 7.37. The normalized spacial score (nSPS) is 17.0. The summed E-state index contributed by atoms with van der Waals surface area (Å²) in [6.07, 6.45) is 5.03. The molecule has 1 aliphatic heterocycles. The van der Waals surface area contributed by atoms with Gasteiger partial charge in [-0.1, -0.05) is 85.5 Å². The molecule has 42 heavy (non-hydrogen) atoms. The Hall–Kier alpha value is -3.69. The molecule has 1 atom stereocenters. The highest BCUT2D eigenvalue weighted by Crippen LogP contribution is 2.30. The average Bonchev–Trinajstić information content (AvgIpc) is 3.19. The van der Waals surface area contributed by atoms with Gasteiger partial charge in [0, 0.05) is 37.0 Å². The monoisotopic (exact) mass is 607 g/mol. The van der Waals surface area contributed by atoms with E-state index in [-0.39, 0.29) is 48.3 Å². The van der Waals surface area contributed by atoms with Gasteiger partial charge in [0.2, 0.25) is 11.8 Å². The number of hydrogen-bond acceptors (Lipinski definition) is 5. The Morgan fingerprint density at radius 2 is 1.57 bits per heavy atom. The zero-order chi connectivity index (χ0) is 29.7. The van der Waals surface area contributed by atoms with E-state index in [0.717, 1.165) is 47.5 Å². The van der Waals surface area contributed by atoms with Gasteiger partial charge in [-0.05, 0) is 48.2 Å². The summed E-state index contributed by atoms with van der Waals surface area (Å²) in [5.74, 6) is -1.33. The van der Waals surface area contributed by atoms with Crippen LogP contribution in [-0.2, 0) is 32.6 Å². The maximum absolute atomic E-state index is 14.0. The van der Waals surface area contributed by atoms with E-state index in [0.29, 0.717) is 5.02 Å². The Balaban J connectivity index is 1.42. The molecule has 0 radical (unpaired) electrons. The summed E-state index contributed by atoms with van der Waals surface area (Å²) < 4.78 is 27.0. The predicted octanol–water partition coefficient (Wildman–Crippen LogP) is 4.96. The molecule has 1 fully saturated rings. The molecule has 1 N–H and O–H groups in total. The highest BCUT2D eigenvalue weighted by Gasteiger charge is 2.41. The van der Waals surface area contributed by atoms with Gasteiger partial charge in [-0.2, -0.15) is 0 Å². The van der Waals surface area contributed by atoms with Crippen LogP contribution in [0.2, 0.25) is 5.02 Å². The van der Waals surface area contributed by atoms with Crippen LogP contribution >= 0.6 is 11.6 Å².